The number of nitrogens with zero attached hydrogens (tertiary/aromatic N) is 2. The monoisotopic (exact) mass is 894 g/mol. The van der Waals surface area contributed by atoms with E-state index in [0.717, 1.165) is 67.3 Å². The molecule has 0 spiro atoms. The first kappa shape index (κ1) is 39.9. The first-order valence-electron chi connectivity index (χ1n) is 23.9. The molecule has 0 atom stereocenters. The van der Waals surface area contributed by atoms with Crippen LogP contribution in [-0.4, -0.2) is 9.55 Å². The molecule has 0 radical (unpaired) electrons. The van der Waals surface area contributed by atoms with Crippen molar-refractivity contribution in [1.29, 1.82) is 0 Å². The number of rotatable bonds is 7. The SMILES string of the molecule is c1ccc(-c2cc(-c3ccc(-n4c5ccccc5c5ccccc54)cc3)nc(-c3ccccc3-c3ccc4c(c3)Oc3c(ccc5c3-c3ccccc3C5(c3ccccc3)c3ccccc3)O4)c2)cc1. The third-order valence-electron chi connectivity index (χ3n) is 14.4. The number of aromatic nitrogens is 2. The normalized spacial score (nSPS) is 12.9. The molecule has 2 aromatic heterocycles. The maximum Gasteiger partial charge on any atom is 0.178 e. The number of benzene rings is 10. The van der Waals surface area contributed by atoms with Gasteiger partial charge in [-0.1, -0.05) is 200 Å². The number of ether oxygens (including phenoxy) is 2. The maximum atomic E-state index is 7.15. The van der Waals surface area contributed by atoms with E-state index < -0.39 is 5.41 Å². The molecule has 0 bridgehead atoms. The van der Waals surface area contributed by atoms with E-state index in [1.165, 1.54) is 44.1 Å². The first-order valence-corrected chi connectivity index (χ1v) is 23.9. The minimum absolute atomic E-state index is 0.553. The van der Waals surface area contributed by atoms with Crippen molar-refractivity contribution in [2.75, 3.05) is 0 Å². The van der Waals surface area contributed by atoms with E-state index in [1.807, 2.05) is 6.07 Å². The second-order valence-electron chi connectivity index (χ2n) is 18.2. The zero-order chi connectivity index (χ0) is 46.2. The van der Waals surface area contributed by atoms with Crippen LogP contribution in [0.3, 0.4) is 0 Å². The van der Waals surface area contributed by atoms with Crippen molar-refractivity contribution in [3.8, 4) is 84.6 Å². The Morgan fingerprint density at radius 1 is 0.343 bits per heavy atom. The van der Waals surface area contributed by atoms with Crippen molar-refractivity contribution in [3.63, 3.8) is 0 Å². The lowest BCUT2D eigenvalue weighted by molar-refractivity contribution is 0.360. The second kappa shape index (κ2) is 15.9. The molecule has 0 fully saturated rings. The molecule has 1 aliphatic carbocycles. The molecule has 14 rings (SSSR count). The van der Waals surface area contributed by atoms with Crippen LogP contribution in [0, 0.1) is 0 Å². The molecule has 0 saturated heterocycles. The first-order chi connectivity index (χ1) is 34.7. The van der Waals surface area contributed by atoms with E-state index in [2.05, 4.69) is 253 Å². The summed E-state index contributed by atoms with van der Waals surface area (Å²) in [5.74, 6) is 2.76. The van der Waals surface area contributed by atoms with Gasteiger partial charge in [-0.15, -0.1) is 0 Å². The Bertz CT molecular complexity index is 3900. The fraction of sp³-hybridized carbons (Fsp3) is 0.0152. The number of hydrogen-bond donors (Lipinski definition) is 0. The lowest BCUT2D eigenvalue weighted by atomic mass is 9.68. The van der Waals surface area contributed by atoms with E-state index in [4.69, 9.17) is 14.5 Å². The Balaban J connectivity index is 0.871. The summed E-state index contributed by atoms with van der Waals surface area (Å²) in [5, 5.41) is 2.49. The Labute approximate surface area is 406 Å². The third-order valence-corrected chi connectivity index (χ3v) is 14.4. The van der Waals surface area contributed by atoms with Gasteiger partial charge in [0.1, 0.15) is 0 Å². The van der Waals surface area contributed by atoms with Gasteiger partial charge in [0.05, 0.1) is 27.8 Å². The van der Waals surface area contributed by atoms with Crippen molar-refractivity contribution < 1.29 is 9.47 Å². The van der Waals surface area contributed by atoms with Crippen LogP contribution in [0.5, 0.6) is 23.0 Å². The summed E-state index contributed by atoms with van der Waals surface area (Å²) in [7, 11) is 0. The molecule has 2 aliphatic rings. The molecule has 4 nitrogen and oxygen atoms in total. The fourth-order valence-electron chi connectivity index (χ4n) is 11.3. The molecule has 4 heteroatoms. The van der Waals surface area contributed by atoms with Crippen LogP contribution in [0.15, 0.2) is 255 Å². The Kier molecular flexibility index (Phi) is 9.08. The van der Waals surface area contributed by atoms with Gasteiger partial charge >= 0.3 is 0 Å². The van der Waals surface area contributed by atoms with E-state index in [1.54, 1.807) is 0 Å². The van der Waals surface area contributed by atoms with Gasteiger partial charge in [0, 0.05) is 33.2 Å². The van der Waals surface area contributed by atoms with Gasteiger partial charge in [0.15, 0.2) is 23.0 Å². The van der Waals surface area contributed by atoms with E-state index in [0.29, 0.717) is 17.2 Å². The summed E-state index contributed by atoms with van der Waals surface area (Å²) in [6, 6.07) is 90.6. The van der Waals surface area contributed by atoms with E-state index >= 15 is 0 Å². The van der Waals surface area contributed by atoms with Crippen molar-refractivity contribution in [1.82, 2.24) is 9.55 Å². The number of pyridine rings is 1. The maximum absolute atomic E-state index is 7.15. The Morgan fingerprint density at radius 2 is 0.900 bits per heavy atom. The Hall–Kier alpha value is -9.25. The standard InChI is InChI=1S/C66H42N2O2/c1-4-18-43(19-5-1)46-40-57(44-32-35-49(36-33-44)68-59-30-16-13-26-52(59)53-27-14-17-31-60(53)68)67-58(41-46)51-25-11-10-24-50(51)45-34-38-61-63(42-45)70-65-62(69-61)39-37-56-64(65)54-28-12-15-29-55(54)66(56,47-20-6-2-7-21-47)48-22-8-3-9-23-48/h1-42H. The number of para-hydroxylation sites is 2. The summed E-state index contributed by atoms with van der Waals surface area (Å²) in [6.45, 7) is 0. The van der Waals surface area contributed by atoms with Crippen molar-refractivity contribution >= 4 is 21.8 Å². The second-order valence-corrected chi connectivity index (χ2v) is 18.2. The van der Waals surface area contributed by atoms with E-state index in [9.17, 15) is 0 Å². The Morgan fingerprint density at radius 3 is 1.60 bits per heavy atom. The van der Waals surface area contributed by atoms with Crippen molar-refractivity contribution in [2.45, 2.75) is 5.41 Å². The minimum atomic E-state index is -0.553. The van der Waals surface area contributed by atoms with Crippen molar-refractivity contribution in [2.24, 2.45) is 0 Å². The average molecular weight is 895 g/mol. The van der Waals surface area contributed by atoms with Crippen LogP contribution in [0.4, 0.5) is 0 Å². The molecule has 3 heterocycles. The topological polar surface area (TPSA) is 36.3 Å². The number of fused-ring (bicyclic) bond motifs is 9. The molecule has 0 N–H and O–H groups in total. The summed E-state index contributed by atoms with van der Waals surface area (Å²) in [5.41, 5.74) is 18.0. The molecule has 12 aromatic rings. The summed E-state index contributed by atoms with van der Waals surface area (Å²) < 4.78 is 16.3. The van der Waals surface area contributed by atoms with Gasteiger partial charge in [-0.2, -0.15) is 0 Å². The molecule has 0 saturated carbocycles. The largest absolute Gasteiger partial charge is 0.449 e. The van der Waals surface area contributed by atoms with Gasteiger partial charge < -0.3 is 14.0 Å². The molecule has 70 heavy (non-hydrogen) atoms. The van der Waals surface area contributed by atoms with Crippen LogP contribution in [0.1, 0.15) is 22.3 Å². The highest BCUT2D eigenvalue weighted by molar-refractivity contribution is 6.09. The minimum Gasteiger partial charge on any atom is -0.449 e. The highest BCUT2D eigenvalue weighted by Gasteiger charge is 2.48. The third kappa shape index (κ3) is 6.13. The highest BCUT2D eigenvalue weighted by Crippen LogP contribution is 2.62. The summed E-state index contributed by atoms with van der Waals surface area (Å²) in [4.78, 5) is 5.46. The van der Waals surface area contributed by atoms with Gasteiger partial charge in [0.2, 0.25) is 0 Å². The smallest absolute Gasteiger partial charge is 0.178 e. The molecule has 328 valence electrons. The molecule has 10 aromatic carbocycles. The van der Waals surface area contributed by atoms with Gasteiger partial charge in [0.25, 0.3) is 0 Å². The zero-order valence-corrected chi connectivity index (χ0v) is 38.0. The molecular formula is C66H42N2O2. The highest BCUT2D eigenvalue weighted by atomic mass is 16.6. The average Bonchev–Trinajstić information content (AvgIpc) is 3.94. The van der Waals surface area contributed by atoms with Crippen LogP contribution < -0.4 is 9.47 Å². The van der Waals surface area contributed by atoms with Gasteiger partial charge in [-0.25, -0.2) is 4.98 Å². The lowest BCUT2D eigenvalue weighted by Gasteiger charge is -2.34. The summed E-state index contributed by atoms with van der Waals surface area (Å²) in [6.07, 6.45) is 0. The lowest BCUT2D eigenvalue weighted by Crippen LogP contribution is -2.28. The van der Waals surface area contributed by atoms with Crippen LogP contribution in [0.2, 0.25) is 0 Å². The van der Waals surface area contributed by atoms with Crippen molar-refractivity contribution in [3.05, 3.63) is 277 Å². The molecular weight excluding hydrogens is 853 g/mol. The quantitative estimate of drug-likeness (QED) is 0.160. The molecule has 1 aliphatic heterocycles. The predicted octanol–water partition coefficient (Wildman–Crippen LogP) is 17.1. The molecule has 0 unspecified atom stereocenters. The van der Waals surface area contributed by atoms with Gasteiger partial charge in [-0.3, -0.25) is 0 Å². The van der Waals surface area contributed by atoms with Crippen LogP contribution in [0.25, 0.3) is 83.4 Å². The van der Waals surface area contributed by atoms with Crippen LogP contribution >= 0.6 is 0 Å². The van der Waals surface area contributed by atoms with E-state index in [-0.39, 0.29) is 0 Å². The zero-order valence-electron chi connectivity index (χ0n) is 38.0. The van der Waals surface area contributed by atoms with Gasteiger partial charge in [-0.05, 0) is 105 Å². The fourth-order valence-corrected chi connectivity index (χ4v) is 11.3. The summed E-state index contributed by atoms with van der Waals surface area (Å²) >= 11 is 0. The van der Waals surface area contributed by atoms with Crippen LogP contribution in [-0.2, 0) is 5.41 Å². The molecule has 0 amide bonds. The predicted molar refractivity (Wildman–Crippen MR) is 284 cm³/mol. The number of hydrogen-bond acceptors (Lipinski definition) is 3.